The van der Waals surface area contributed by atoms with Gasteiger partial charge in [0.1, 0.15) is 0 Å². The van der Waals surface area contributed by atoms with Gasteiger partial charge in [0.15, 0.2) is 0 Å². The summed E-state index contributed by atoms with van der Waals surface area (Å²) in [5.74, 6) is 0.568. The first-order chi connectivity index (χ1) is 10.8. The third kappa shape index (κ3) is 5.82. The molecule has 0 spiro atoms. The molecule has 0 saturated carbocycles. The van der Waals surface area contributed by atoms with Crippen LogP contribution in [0.2, 0.25) is 0 Å². The number of piperidine rings is 1. The molecular weight excluding hydrogens is 347 g/mol. The zero-order chi connectivity index (χ0) is 15.2. The monoisotopic (exact) mass is 370 g/mol. The summed E-state index contributed by atoms with van der Waals surface area (Å²) in [6.07, 6.45) is 7.88. The molecule has 1 aromatic carbocycles. The van der Waals surface area contributed by atoms with E-state index in [0.717, 1.165) is 37.3 Å². The number of carbonyl (C=O) groups is 1. The van der Waals surface area contributed by atoms with Crippen LogP contribution in [0, 0.1) is 5.92 Å². The minimum absolute atomic E-state index is 0. The fraction of sp³-hybridized carbons (Fsp3) is 0.412. The van der Waals surface area contributed by atoms with Crippen LogP contribution in [0.1, 0.15) is 28.8 Å². The number of aromatic nitrogens is 2. The zero-order valence-electron chi connectivity index (χ0n) is 13.5. The second-order valence-corrected chi connectivity index (χ2v) is 5.85. The van der Waals surface area contributed by atoms with Gasteiger partial charge in [-0.15, -0.1) is 24.8 Å². The Hall–Kier alpha value is -1.56. The van der Waals surface area contributed by atoms with Crippen molar-refractivity contribution in [2.75, 3.05) is 19.6 Å². The molecule has 132 valence electrons. The number of nitrogens with zero attached hydrogens (tertiary/aromatic N) is 2. The smallest absolute Gasteiger partial charge is 0.251 e. The van der Waals surface area contributed by atoms with E-state index in [9.17, 15) is 4.79 Å². The number of hydrogen-bond donors (Lipinski definition) is 2. The summed E-state index contributed by atoms with van der Waals surface area (Å²) < 4.78 is 2.01. The van der Waals surface area contributed by atoms with Crippen molar-refractivity contribution in [2.24, 2.45) is 5.92 Å². The number of rotatable bonds is 5. The Morgan fingerprint density at radius 1 is 1.29 bits per heavy atom. The molecular formula is C17H24Cl2N4O. The molecule has 24 heavy (non-hydrogen) atoms. The summed E-state index contributed by atoms with van der Waals surface area (Å²) >= 11 is 0. The molecule has 0 radical (unpaired) electrons. The Bertz CT molecular complexity index is 596. The van der Waals surface area contributed by atoms with Gasteiger partial charge in [-0.1, -0.05) is 12.1 Å². The molecule has 2 aromatic rings. The van der Waals surface area contributed by atoms with Crippen molar-refractivity contribution < 1.29 is 4.79 Å². The predicted octanol–water partition coefficient (Wildman–Crippen LogP) is 2.50. The van der Waals surface area contributed by atoms with E-state index >= 15 is 0 Å². The molecule has 3 rings (SSSR count). The van der Waals surface area contributed by atoms with Crippen molar-refractivity contribution in [3.8, 4) is 0 Å². The lowest BCUT2D eigenvalue weighted by molar-refractivity contribution is 0.0945. The summed E-state index contributed by atoms with van der Waals surface area (Å²) in [5, 5.41) is 6.41. The van der Waals surface area contributed by atoms with Gasteiger partial charge in [0.2, 0.25) is 0 Å². The average molecular weight is 371 g/mol. The van der Waals surface area contributed by atoms with Crippen LogP contribution in [-0.4, -0.2) is 35.1 Å². The molecule has 0 aliphatic carbocycles. The fourth-order valence-corrected chi connectivity index (χ4v) is 2.79. The van der Waals surface area contributed by atoms with Crippen LogP contribution in [0.15, 0.2) is 43.0 Å². The molecule has 1 aromatic heterocycles. The number of benzene rings is 1. The summed E-state index contributed by atoms with van der Waals surface area (Å²) in [7, 11) is 0. The van der Waals surface area contributed by atoms with Gasteiger partial charge in [0.25, 0.3) is 5.91 Å². The van der Waals surface area contributed by atoms with Crippen LogP contribution in [0.3, 0.4) is 0 Å². The number of carbonyl (C=O) groups excluding carboxylic acids is 1. The van der Waals surface area contributed by atoms with Crippen LogP contribution in [0.4, 0.5) is 0 Å². The van der Waals surface area contributed by atoms with Crippen LogP contribution >= 0.6 is 24.8 Å². The third-order valence-corrected chi connectivity index (χ3v) is 4.09. The van der Waals surface area contributed by atoms with Gasteiger partial charge in [-0.3, -0.25) is 4.79 Å². The molecule has 1 fully saturated rings. The van der Waals surface area contributed by atoms with Crippen LogP contribution < -0.4 is 10.6 Å². The quantitative estimate of drug-likeness (QED) is 0.849. The van der Waals surface area contributed by atoms with Crippen molar-refractivity contribution in [1.29, 1.82) is 0 Å². The largest absolute Gasteiger partial charge is 0.352 e. The topological polar surface area (TPSA) is 59.0 Å². The van der Waals surface area contributed by atoms with Gasteiger partial charge >= 0.3 is 0 Å². The van der Waals surface area contributed by atoms with E-state index in [4.69, 9.17) is 0 Å². The first-order valence-electron chi connectivity index (χ1n) is 7.85. The molecule has 1 aliphatic heterocycles. The minimum atomic E-state index is 0. The highest BCUT2D eigenvalue weighted by Crippen LogP contribution is 2.10. The van der Waals surface area contributed by atoms with Crippen molar-refractivity contribution in [3.05, 3.63) is 54.1 Å². The highest BCUT2D eigenvalue weighted by Gasteiger charge is 2.14. The summed E-state index contributed by atoms with van der Waals surface area (Å²) in [5.41, 5.74) is 1.88. The molecule has 1 amide bonds. The number of amides is 1. The first kappa shape index (κ1) is 20.5. The lowest BCUT2D eigenvalue weighted by atomic mass is 9.99. The standard InChI is InChI=1S/C17H22N4O.2ClH/c22-17(20-11-15-2-1-7-18-10-15)16-5-3-14(4-6-16)12-21-9-8-19-13-21;;/h3-6,8-9,13,15,18H,1-2,7,10-12H2,(H,20,22);2*1H. The van der Waals surface area contributed by atoms with Gasteiger partial charge in [-0.05, 0) is 49.5 Å². The molecule has 1 unspecified atom stereocenters. The Balaban J connectivity index is 0.00000144. The van der Waals surface area contributed by atoms with Crippen LogP contribution in [0.25, 0.3) is 0 Å². The minimum Gasteiger partial charge on any atom is -0.352 e. The van der Waals surface area contributed by atoms with Crippen molar-refractivity contribution in [1.82, 2.24) is 20.2 Å². The van der Waals surface area contributed by atoms with E-state index in [-0.39, 0.29) is 30.7 Å². The molecule has 0 bridgehead atoms. The fourth-order valence-electron chi connectivity index (χ4n) is 2.79. The Kier molecular flexibility index (Phi) is 8.82. The van der Waals surface area contributed by atoms with Gasteiger partial charge in [-0.25, -0.2) is 4.98 Å². The van der Waals surface area contributed by atoms with Crippen molar-refractivity contribution in [3.63, 3.8) is 0 Å². The van der Waals surface area contributed by atoms with Crippen molar-refractivity contribution in [2.45, 2.75) is 19.4 Å². The molecule has 1 atom stereocenters. The SMILES string of the molecule is Cl.Cl.O=C(NCC1CCCNC1)c1ccc(Cn2ccnc2)cc1. The van der Waals surface area contributed by atoms with E-state index < -0.39 is 0 Å². The van der Waals surface area contributed by atoms with E-state index in [2.05, 4.69) is 15.6 Å². The normalized spacial score (nSPS) is 16.6. The maximum atomic E-state index is 12.2. The highest BCUT2D eigenvalue weighted by atomic mass is 35.5. The molecule has 1 saturated heterocycles. The second kappa shape index (κ2) is 10.3. The zero-order valence-corrected chi connectivity index (χ0v) is 15.1. The molecule has 7 heteroatoms. The number of imidazole rings is 1. The second-order valence-electron chi connectivity index (χ2n) is 5.85. The lowest BCUT2D eigenvalue weighted by Crippen LogP contribution is -2.38. The van der Waals surface area contributed by atoms with E-state index in [1.54, 1.807) is 12.5 Å². The molecule has 1 aliphatic rings. The van der Waals surface area contributed by atoms with Gasteiger partial charge in [0.05, 0.1) is 6.33 Å². The Morgan fingerprint density at radius 3 is 2.71 bits per heavy atom. The number of hydrogen-bond acceptors (Lipinski definition) is 3. The van der Waals surface area contributed by atoms with Crippen LogP contribution in [0.5, 0.6) is 0 Å². The molecule has 2 heterocycles. The summed E-state index contributed by atoms with van der Waals surface area (Å²) in [6, 6.07) is 7.77. The predicted molar refractivity (Wildman–Crippen MR) is 100 cm³/mol. The Labute approximate surface area is 155 Å². The van der Waals surface area contributed by atoms with E-state index in [1.807, 2.05) is 35.0 Å². The van der Waals surface area contributed by atoms with Crippen molar-refractivity contribution >= 4 is 30.7 Å². The maximum Gasteiger partial charge on any atom is 0.251 e. The van der Waals surface area contributed by atoms with Gasteiger partial charge in [0, 0.05) is 31.0 Å². The maximum absolute atomic E-state index is 12.2. The summed E-state index contributed by atoms with van der Waals surface area (Å²) in [4.78, 5) is 16.2. The average Bonchev–Trinajstić information content (AvgIpc) is 3.07. The van der Waals surface area contributed by atoms with Gasteiger partial charge in [-0.2, -0.15) is 0 Å². The van der Waals surface area contributed by atoms with E-state index in [1.165, 1.54) is 12.8 Å². The number of nitrogens with one attached hydrogen (secondary N) is 2. The van der Waals surface area contributed by atoms with Gasteiger partial charge < -0.3 is 15.2 Å². The highest BCUT2D eigenvalue weighted by molar-refractivity contribution is 5.94. The molecule has 2 N–H and O–H groups in total. The lowest BCUT2D eigenvalue weighted by Gasteiger charge is -2.22. The Morgan fingerprint density at radius 2 is 2.08 bits per heavy atom. The third-order valence-electron chi connectivity index (χ3n) is 4.09. The summed E-state index contributed by atoms with van der Waals surface area (Å²) in [6.45, 7) is 3.63. The molecule has 5 nitrogen and oxygen atoms in total. The van der Waals surface area contributed by atoms with E-state index in [0.29, 0.717) is 5.92 Å². The van der Waals surface area contributed by atoms with Crippen LogP contribution in [-0.2, 0) is 6.54 Å². The first-order valence-corrected chi connectivity index (χ1v) is 7.85. The number of halogens is 2.